The minimum absolute atomic E-state index is 0.738. The number of benzene rings is 13. The zero-order valence-corrected chi connectivity index (χ0v) is 44.9. The summed E-state index contributed by atoms with van der Waals surface area (Å²) in [6.45, 7) is 0. The van der Waals surface area contributed by atoms with Crippen LogP contribution in [-0.2, 0) is 10.8 Å². The van der Waals surface area contributed by atoms with E-state index in [0.29, 0.717) is 0 Å². The molecule has 84 heavy (non-hydrogen) atoms. The average molecular weight is 1070 g/mol. The van der Waals surface area contributed by atoms with Crippen molar-refractivity contribution in [3.63, 3.8) is 0 Å². The first-order valence-electron chi connectivity index (χ1n) is 29.0. The largest absolute Gasteiger partial charge is 0.456 e. The molecule has 4 heteroatoms. The molecule has 4 nitrogen and oxygen atoms in total. The van der Waals surface area contributed by atoms with Crippen molar-refractivity contribution in [1.29, 1.82) is 0 Å². The fourth-order valence-electron chi connectivity index (χ4n) is 16.7. The maximum atomic E-state index is 7.30. The molecule has 4 heterocycles. The van der Waals surface area contributed by atoms with Crippen LogP contribution in [0.4, 0.5) is 0 Å². The molecule has 0 saturated carbocycles. The summed E-state index contributed by atoms with van der Waals surface area (Å²) < 4.78 is 27.9. The van der Waals surface area contributed by atoms with Gasteiger partial charge in [-0.25, -0.2) is 0 Å². The third kappa shape index (κ3) is 5.04. The van der Waals surface area contributed by atoms with Gasteiger partial charge in [-0.15, -0.1) is 0 Å². The summed E-state index contributed by atoms with van der Waals surface area (Å²) in [5.74, 6) is 0. The molecule has 0 saturated heterocycles. The van der Waals surface area contributed by atoms with Gasteiger partial charge >= 0.3 is 0 Å². The molecule has 0 radical (unpaired) electrons. The Bertz CT molecular complexity index is 5440. The normalized spacial score (nSPS) is 14.4. The van der Waals surface area contributed by atoms with Gasteiger partial charge in [0.1, 0.15) is 44.7 Å². The van der Waals surface area contributed by atoms with Crippen LogP contribution in [0.2, 0.25) is 0 Å². The van der Waals surface area contributed by atoms with Crippen LogP contribution in [-0.4, -0.2) is 0 Å². The van der Waals surface area contributed by atoms with Gasteiger partial charge in [-0.05, 0) is 173 Å². The molecule has 0 fully saturated rings. The molecule has 4 aromatic heterocycles. The molecule has 0 atom stereocenters. The van der Waals surface area contributed by atoms with E-state index >= 15 is 0 Å². The van der Waals surface area contributed by atoms with E-state index in [0.717, 1.165) is 110 Å². The number of hydrogen-bond acceptors (Lipinski definition) is 4. The predicted octanol–water partition coefficient (Wildman–Crippen LogP) is 21.3. The van der Waals surface area contributed by atoms with E-state index in [-0.39, 0.29) is 0 Å². The molecule has 0 N–H and O–H groups in total. The van der Waals surface area contributed by atoms with E-state index in [9.17, 15) is 0 Å². The van der Waals surface area contributed by atoms with Crippen molar-refractivity contribution in [2.24, 2.45) is 0 Å². The smallest absolute Gasteiger partial charge is 0.143 e. The second-order valence-electron chi connectivity index (χ2n) is 23.5. The van der Waals surface area contributed by atoms with Gasteiger partial charge in [-0.2, -0.15) is 0 Å². The standard InChI is InChI=1S/C80H42O4/c1-9-25-59-45(17-1)46-18-2-10-26-60(46)79(59)63-41-58-64(42-57(63)73-65(79)39-55(77-75(73)53-23-7-15-31-69(53)83-77)43-33-35-51-49-21-5-13-29-67(49)81-71(51)37-43)80(61-27-11-3-19-47(61)48-20-4-12-28-62(48)80)66-40-56(78-76(74(58)66)54-24-8-16-32-70(54)84-78)44-34-36-52-50-22-6-14-30-68(50)82-72(52)38-44/h1-42H. The highest BCUT2D eigenvalue weighted by molar-refractivity contribution is 6.23. The first kappa shape index (κ1) is 43.8. The number of para-hydroxylation sites is 4. The van der Waals surface area contributed by atoms with Crippen LogP contribution in [0.5, 0.6) is 0 Å². The van der Waals surface area contributed by atoms with Crippen molar-refractivity contribution in [3.8, 4) is 66.8 Å². The maximum absolute atomic E-state index is 7.30. The van der Waals surface area contributed by atoms with E-state index < -0.39 is 10.8 Å². The Morgan fingerprint density at radius 3 is 0.905 bits per heavy atom. The SMILES string of the molecule is c1ccc2c(c1)-c1ccccc1C21c2cc3c(cc2-c2c1cc(-c1ccc4c(c1)oc1ccccc14)c1oc4ccccc4c21)C1(c2ccccc2-c2ccccc21)c1cc(-c2ccc4c(c2)oc2ccccc24)c2oc4ccccc4c2c1-3. The van der Waals surface area contributed by atoms with E-state index in [4.69, 9.17) is 17.7 Å². The molecule has 0 amide bonds. The Hall–Kier alpha value is -10.9. The summed E-state index contributed by atoms with van der Waals surface area (Å²) in [6.07, 6.45) is 0. The van der Waals surface area contributed by atoms with Gasteiger partial charge in [-0.1, -0.05) is 182 Å². The van der Waals surface area contributed by atoms with Gasteiger partial charge in [0.25, 0.3) is 0 Å². The van der Waals surface area contributed by atoms with Crippen molar-refractivity contribution >= 4 is 87.8 Å². The molecule has 4 aliphatic carbocycles. The summed E-state index contributed by atoms with van der Waals surface area (Å²) in [5.41, 5.74) is 29.5. The molecule has 0 aliphatic heterocycles. The Morgan fingerprint density at radius 2 is 0.512 bits per heavy atom. The van der Waals surface area contributed by atoms with E-state index in [1.54, 1.807) is 0 Å². The third-order valence-corrected chi connectivity index (χ3v) is 19.9. The van der Waals surface area contributed by atoms with E-state index in [2.05, 4.69) is 243 Å². The molecule has 21 rings (SSSR count). The summed E-state index contributed by atoms with van der Waals surface area (Å²) in [7, 11) is 0. The number of hydrogen-bond donors (Lipinski definition) is 0. The Labute approximate surface area is 479 Å². The van der Waals surface area contributed by atoms with Gasteiger partial charge < -0.3 is 17.7 Å². The van der Waals surface area contributed by atoms with Gasteiger partial charge in [0, 0.05) is 54.2 Å². The van der Waals surface area contributed by atoms with Crippen molar-refractivity contribution < 1.29 is 17.7 Å². The van der Waals surface area contributed by atoms with E-state index in [1.165, 1.54) is 89.0 Å². The predicted molar refractivity (Wildman–Crippen MR) is 339 cm³/mol. The second kappa shape index (κ2) is 15.1. The molecule has 386 valence electrons. The molecule has 0 bridgehead atoms. The molecule has 13 aromatic carbocycles. The summed E-state index contributed by atoms with van der Waals surface area (Å²) in [6, 6.07) is 94.3. The van der Waals surface area contributed by atoms with E-state index in [1.807, 2.05) is 12.1 Å². The minimum Gasteiger partial charge on any atom is -0.456 e. The monoisotopic (exact) mass is 1070 g/mol. The highest BCUT2D eigenvalue weighted by Gasteiger charge is 2.57. The third-order valence-electron chi connectivity index (χ3n) is 19.9. The summed E-state index contributed by atoms with van der Waals surface area (Å²) >= 11 is 0. The quantitative estimate of drug-likeness (QED) is 0.173. The lowest BCUT2D eigenvalue weighted by Crippen LogP contribution is -2.27. The van der Waals surface area contributed by atoms with Crippen LogP contribution in [0.3, 0.4) is 0 Å². The topological polar surface area (TPSA) is 52.6 Å². The van der Waals surface area contributed by atoms with Crippen LogP contribution in [0.1, 0.15) is 44.5 Å². The van der Waals surface area contributed by atoms with Crippen molar-refractivity contribution in [1.82, 2.24) is 0 Å². The minimum atomic E-state index is -0.738. The van der Waals surface area contributed by atoms with Gasteiger partial charge in [0.05, 0.1) is 10.8 Å². The first-order valence-corrected chi connectivity index (χ1v) is 29.0. The number of fused-ring (bicyclic) bond motifs is 34. The fourth-order valence-corrected chi connectivity index (χ4v) is 16.7. The lowest BCUT2D eigenvalue weighted by molar-refractivity contribution is 0.667. The Morgan fingerprint density at radius 1 is 0.202 bits per heavy atom. The zero-order chi connectivity index (χ0) is 54.3. The van der Waals surface area contributed by atoms with Crippen molar-refractivity contribution in [2.45, 2.75) is 10.8 Å². The molecule has 2 spiro atoms. The van der Waals surface area contributed by atoms with Crippen LogP contribution in [0.25, 0.3) is 155 Å². The Balaban J connectivity index is 0.944. The van der Waals surface area contributed by atoms with Crippen LogP contribution in [0, 0.1) is 0 Å². The van der Waals surface area contributed by atoms with Crippen LogP contribution < -0.4 is 0 Å². The highest BCUT2D eigenvalue weighted by Crippen LogP contribution is 2.70. The number of furan rings is 4. The summed E-state index contributed by atoms with van der Waals surface area (Å²) in [4.78, 5) is 0. The lowest BCUT2D eigenvalue weighted by Gasteiger charge is -2.32. The van der Waals surface area contributed by atoms with Crippen LogP contribution >= 0.6 is 0 Å². The molecule has 4 aliphatic rings. The van der Waals surface area contributed by atoms with Gasteiger partial charge in [0.2, 0.25) is 0 Å². The highest BCUT2D eigenvalue weighted by atomic mass is 16.3. The van der Waals surface area contributed by atoms with Gasteiger partial charge in [-0.3, -0.25) is 0 Å². The molecule has 17 aromatic rings. The van der Waals surface area contributed by atoms with Crippen molar-refractivity contribution in [3.05, 3.63) is 299 Å². The summed E-state index contributed by atoms with van der Waals surface area (Å²) in [5, 5.41) is 8.81. The van der Waals surface area contributed by atoms with Crippen molar-refractivity contribution in [2.75, 3.05) is 0 Å². The number of rotatable bonds is 2. The Kier molecular flexibility index (Phi) is 7.89. The lowest BCUT2D eigenvalue weighted by atomic mass is 9.68. The van der Waals surface area contributed by atoms with Gasteiger partial charge in [0.15, 0.2) is 0 Å². The zero-order valence-electron chi connectivity index (χ0n) is 44.9. The maximum Gasteiger partial charge on any atom is 0.143 e. The van der Waals surface area contributed by atoms with Crippen LogP contribution in [0.15, 0.2) is 272 Å². The average Bonchev–Trinajstić information content (AvgIpc) is 1.51. The molecule has 0 unspecified atom stereocenters. The second-order valence-corrected chi connectivity index (χ2v) is 23.5. The first-order chi connectivity index (χ1) is 41.6. The molecular formula is C80H42O4. The fraction of sp³-hybridized carbons (Fsp3) is 0.0250. The molecular weight excluding hydrogens is 1020 g/mol.